The number of aromatic nitrogens is 2. The van der Waals surface area contributed by atoms with Crippen LogP contribution in [-0.4, -0.2) is 42.8 Å². The van der Waals surface area contributed by atoms with E-state index in [-0.39, 0.29) is 0 Å². The van der Waals surface area contributed by atoms with Crippen molar-refractivity contribution in [3.05, 3.63) is 42.6 Å². The second-order valence-electron chi connectivity index (χ2n) is 5.69. The minimum atomic E-state index is 0.661. The van der Waals surface area contributed by atoms with E-state index in [0.717, 1.165) is 48.4 Å². The van der Waals surface area contributed by atoms with Crippen molar-refractivity contribution in [2.45, 2.75) is 6.92 Å². The van der Waals surface area contributed by atoms with Crippen molar-refractivity contribution >= 4 is 32.5 Å². The molecule has 1 saturated heterocycles. The van der Waals surface area contributed by atoms with Crippen LogP contribution in [-0.2, 0) is 0 Å². The maximum absolute atomic E-state index is 5.70. The molecule has 0 saturated carbocycles. The van der Waals surface area contributed by atoms with E-state index in [9.17, 15) is 0 Å². The van der Waals surface area contributed by atoms with E-state index in [2.05, 4.69) is 26.9 Å². The maximum Gasteiger partial charge on any atom is 0.186 e. The first-order chi connectivity index (χ1) is 11.8. The summed E-state index contributed by atoms with van der Waals surface area (Å²) in [4.78, 5) is 14.0. The second-order valence-corrected chi connectivity index (χ2v) is 6.70. The molecule has 6 heteroatoms. The average molecular weight is 340 g/mol. The van der Waals surface area contributed by atoms with E-state index < -0.39 is 0 Å². The highest BCUT2D eigenvalue weighted by Gasteiger charge is 2.21. The third kappa shape index (κ3) is 2.89. The third-order valence-corrected chi connectivity index (χ3v) is 5.28. The van der Waals surface area contributed by atoms with E-state index in [1.807, 2.05) is 37.4 Å². The summed E-state index contributed by atoms with van der Waals surface area (Å²) in [5.74, 6) is 1.93. The zero-order valence-electron chi connectivity index (χ0n) is 13.7. The van der Waals surface area contributed by atoms with Crippen LogP contribution in [0.1, 0.15) is 6.92 Å². The van der Waals surface area contributed by atoms with Gasteiger partial charge in [0.15, 0.2) is 5.13 Å². The van der Waals surface area contributed by atoms with Gasteiger partial charge in [0, 0.05) is 32.4 Å². The van der Waals surface area contributed by atoms with Crippen LogP contribution in [0.15, 0.2) is 42.6 Å². The Hall–Kier alpha value is -2.34. The van der Waals surface area contributed by atoms with Gasteiger partial charge in [-0.15, -0.1) is 0 Å². The lowest BCUT2D eigenvalue weighted by atomic mass is 10.3. The number of piperazine rings is 1. The minimum Gasteiger partial charge on any atom is -0.492 e. The number of thiazole rings is 1. The average Bonchev–Trinajstić information content (AvgIpc) is 3.08. The van der Waals surface area contributed by atoms with Gasteiger partial charge in [0.25, 0.3) is 0 Å². The SMILES string of the molecule is CCOc1cccc2sc(N3CCN(c4ccccn4)CC3)nc12. The molecule has 1 aromatic carbocycles. The molecule has 1 fully saturated rings. The normalized spacial score (nSPS) is 15.0. The largest absolute Gasteiger partial charge is 0.492 e. The molecule has 0 unspecified atom stereocenters. The van der Waals surface area contributed by atoms with Gasteiger partial charge < -0.3 is 14.5 Å². The van der Waals surface area contributed by atoms with Crippen LogP contribution in [0.4, 0.5) is 10.9 Å². The summed E-state index contributed by atoms with van der Waals surface area (Å²) >= 11 is 1.74. The molecule has 2 aromatic heterocycles. The van der Waals surface area contributed by atoms with E-state index >= 15 is 0 Å². The Morgan fingerprint density at radius 2 is 1.88 bits per heavy atom. The third-order valence-electron chi connectivity index (χ3n) is 4.19. The second kappa shape index (κ2) is 6.65. The zero-order chi connectivity index (χ0) is 16.4. The molecule has 0 amide bonds. The molecule has 1 aliphatic rings. The Kier molecular flexibility index (Phi) is 4.21. The highest BCUT2D eigenvalue weighted by Crippen LogP contribution is 2.34. The van der Waals surface area contributed by atoms with Gasteiger partial charge in [-0.05, 0) is 31.2 Å². The molecule has 0 atom stereocenters. The lowest BCUT2D eigenvalue weighted by Crippen LogP contribution is -2.46. The van der Waals surface area contributed by atoms with Crippen LogP contribution >= 0.6 is 11.3 Å². The molecule has 124 valence electrons. The predicted octanol–water partition coefficient (Wildman–Crippen LogP) is 3.42. The van der Waals surface area contributed by atoms with Gasteiger partial charge in [-0.3, -0.25) is 0 Å². The van der Waals surface area contributed by atoms with Gasteiger partial charge in [0.1, 0.15) is 17.1 Å². The van der Waals surface area contributed by atoms with Gasteiger partial charge in [-0.25, -0.2) is 9.97 Å². The molecule has 3 aromatic rings. The van der Waals surface area contributed by atoms with Gasteiger partial charge in [-0.2, -0.15) is 0 Å². The number of rotatable bonds is 4. The van der Waals surface area contributed by atoms with Gasteiger partial charge in [0.05, 0.1) is 11.3 Å². The maximum atomic E-state index is 5.70. The van der Waals surface area contributed by atoms with Crippen molar-refractivity contribution in [3.8, 4) is 5.75 Å². The lowest BCUT2D eigenvalue weighted by Gasteiger charge is -2.35. The fraction of sp³-hybridized carbons (Fsp3) is 0.333. The Morgan fingerprint density at radius 1 is 1.04 bits per heavy atom. The molecule has 1 aliphatic heterocycles. The fourth-order valence-corrected chi connectivity index (χ4v) is 4.02. The Morgan fingerprint density at radius 3 is 2.62 bits per heavy atom. The number of pyridine rings is 1. The van der Waals surface area contributed by atoms with E-state index in [1.165, 1.54) is 4.70 Å². The van der Waals surface area contributed by atoms with Crippen molar-refractivity contribution < 1.29 is 4.74 Å². The van der Waals surface area contributed by atoms with Gasteiger partial charge in [-0.1, -0.05) is 23.5 Å². The van der Waals surface area contributed by atoms with Gasteiger partial charge >= 0.3 is 0 Å². The Labute approximate surface area is 145 Å². The number of benzene rings is 1. The van der Waals surface area contributed by atoms with Crippen LogP contribution in [0.5, 0.6) is 5.75 Å². The molecule has 0 N–H and O–H groups in total. The molecule has 3 heterocycles. The van der Waals surface area contributed by atoms with Crippen molar-refractivity contribution in [1.29, 1.82) is 0 Å². The van der Waals surface area contributed by atoms with Crippen LogP contribution in [0.3, 0.4) is 0 Å². The summed E-state index contributed by atoms with van der Waals surface area (Å²) in [6.07, 6.45) is 1.85. The molecular formula is C18H20N4OS. The number of ether oxygens (including phenoxy) is 1. The Balaban J connectivity index is 1.51. The van der Waals surface area contributed by atoms with Crippen molar-refractivity contribution in [2.75, 3.05) is 42.6 Å². The summed E-state index contributed by atoms with van der Waals surface area (Å²) in [5, 5.41) is 1.08. The van der Waals surface area contributed by atoms with Gasteiger partial charge in [0.2, 0.25) is 0 Å². The number of nitrogens with zero attached hydrogens (tertiary/aromatic N) is 4. The number of fused-ring (bicyclic) bond motifs is 1. The smallest absolute Gasteiger partial charge is 0.186 e. The summed E-state index contributed by atoms with van der Waals surface area (Å²) in [6.45, 7) is 6.51. The van der Waals surface area contributed by atoms with Crippen LogP contribution in [0.25, 0.3) is 10.2 Å². The molecule has 5 nitrogen and oxygen atoms in total. The number of hydrogen-bond acceptors (Lipinski definition) is 6. The highest BCUT2D eigenvalue weighted by atomic mass is 32.1. The summed E-state index contributed by atoms with van der Waals surface area (Å²) < 4.78 is 6.89. The quantitative estimate of drug-likeness (QED) is 0.728. The lowest BCUT2D eigenvalue weighted by molar-refractivity contribution is 0.344. The monoisotopic (exact) mass is 340 g/mol. The molecule has 4 rings (SSSR count). The summed E-state index contributed by atoms with van der Waals surface area (Å²) in [7, 11) is 0. The van der Waals surface area contributed by atoms with E-state index in [4.69, 9.17) is 9.72 Å². The standard InChI is InChI=1S/C18H20N4OS/c1-2-23-14-6-5-7-15-17(14)20-18(24-15)22-12-10-21(11-13-22)16-8-3-4-9-19-16/h3-9H,2,10-13H2,1H3. The van der Waals surface area contributed by atoms with Crippen LogP contribution in [0, 0.1) is 0 Å². The van der Waals surface area contributed by atoms with Crippen molar-refractivity contribution in [2.24, 2.45) is 0 Å². The molecule has 0 radical (unpaired) electrons. The van der Waals surface area contributed by atoms with E-state index in [0.29, 0.717) is 6.61 Å². The predicted molar refractivity (Wildman–Crippen MR) is 99.5 cm³/mol. The number of hydrogen-bond donors (Lipinski definition) is 0. The first-order valence-corrected chi connectivity index (χ1v) is 9.10. The zero-order valence-corrected chi connectivity index (χ0v) is 14.5. The van der Waals surface area contributed by atoms with Crippen molar-refractivity contribution in [3.63, 3.8) is 0 Å². The molecular weight excluding hydrogens is 320 g/mol. The topological polar surface area (TPSA) is 41.5 Å². The van der Waals surface area contributed by atoms with E-state index in [1.54, 1.807) is 11.3 Å². The van der Waals surface area contributed by atoms with Crippen molar-refractivity contribution in [1.82, 2.24) is 9.97 Å². The highest BCUT2D eigenvalue weighted by molar-refractivity contribution is 7.22. The summed E-state index contributed by atoms with van der Waals surface area (Å²) in [6, 6.07) is 12.2. The molecule has 0 aliphatic carbocycles. The molecule has 0 spiro atoms. The Bertz CT molecular complexity index is 812. The van der Waals surface area contributed by atoms with Crippen LogP contribution < -0.4 is 14.5 Å². The molecule has 0 bridgehead atoms. The number of para-hydroxylation sites is 1. The van der Waals surface area contributed by atoms with Crippen LogP contribution in [0.2, 0.25) is 0 Å². The summed E-state index contributed by atoms with van der Waals surface area (Å²) in [5.41, 5.74) is 0.978. The fourth-order valence-electron chi connectivity index (χ4n) is 2.99. The minimum absolute atomic E-state index is 0.661. The first-order valence-electron chi connectivity index (χ1n) is 8.28. The molecule has 24 heavy (non-hydrogen) atoms. The first kappa shape index (κ1) is 15.2. The number of anilines is 2.